The van der Waals surface area contributed by atoms with Gasteiger partial charge in [-0.1, -0.05) is 95.7 Å². The van der Waals surface area contributed by atoms with E-state index in [0.717, 1.165) is 21.6 Å². The number of nitrogens with zero attached hydrogens (tertiary/aromatic N) is 2. The summed E-state index contributed by atoms with van der Waals surface area (Å²) in [4.78, 5) is 34.5. The molecule has 0 radical (unpaired) electrons. The van der Waals surface area contributed by atoms with E-state index in [0.29, 0.717) is 43.5 Å². The Labute approximate surface area is 274 Å². The van der Waals surface area contributed by atoms with Crippen molar-refractivity contribution in [2.75, 3.05) is 12.9 Å². The molecule has 6 rings (SSSR count). The van der Waals surface area contributed by atoms with Crippen LogP contribution in [-0.2, 0) is 16.1 Å². The van der Waals surface area contributed by atoms with E-state index in [4.69, 9.17) is 26.1 Å². The van der Waals surface area contributed by atoms with Gasteiger partial charge in [0, 0.05) is 21.0 Å². The van der Waals surface area contributed by atoms with E-state index in [1.165, 1.54) is 11.3 Å². The summed E-state index contributed by atoms with van der Waals surface area (Å²) in [7, 11) is 0. The van der Waals surface area contributed by atoms with Gasteiger partial charge in [-0.25, -0.2) is 9.79 Å². The maximum Gasteiger partial charge on any atom is 0.338 e. The van der Waals surface area contributed by atoms with Gasteiger partial charge in [-0.2, -0.15) is 0 Å². The highest BCUT2D eigenvalue weighted by atomic mass is 35.5. The second-order valence-corrected chi connectivity index (χ2v) is 12.5. The van der Waals surface area contributed by atoms with Crippen molar-refractivity contribution in [2.24, 2.45) is 4.99 Å². The number of carbonyl (C=O) groups is 1. The number of halogens is 1. The van der Waals surface area contributed by atoms with Crippen molar-refractivity contribution in [2.45, 2.75) is 24.5 Å². The molecule has 6 nitrogen and oxygen atoms in total. The standard InChI is InChI=1S/C36H29ClN2O4S2/c1-3-42-35(41)31-32(24-12-8-5-9-13-24)38-36-39(33(31)25-14-17-28(44-2)18-15-25)34(40)30(45-36)21-26-20-27(37)16-19-29(26)43-22-23-10-6-4-7-11-23/h4-21,33H,3,22H2,1-2H3/b30-21-/t33-/m0/s1. The quantitative estimate of drug-likeness (QED) is 0.128. The third-order valence-electron chi connectivity index (χ3n) is 7.30. The van der Waals surface area contributed by atoms with Crippen molar-refractivity contribution in [1.29, 1.82) is 0 Å². The van der Waals surface area contributed by atoms with E-state index in [9.17, 15) is 9.59 Å². The molecule has 0 saturated carbocycles. The summed E-state index contributed by atoms with van der Waals surface area (Å²) >= 11 is 9.28. The second kappa shape index (κ2) is 13.7. The molecule has 1 aliphatic heterocycles. The predicted octanol–water partition coefficient (Wildman–Crippen LogP) is 6.89. The van der Waals surface area contributed by atoms with E-state index in [-0.39, 0.29) is 12.2 Å². The first-order valence-corrected chi connectivity index (χ1v) is 16.8. The number of thiazole rings is 1. The largest absolute Gasteiger partial charge is 0.488 e. The Morgan fingerprint density at radius 1 is 1.00 bits per heavy atom. The molecule has 0 N–H and O–H groups in total. The number of ether oxygens (including phenoxy) is 2. The molecule has 9 heteroatoms. The molecule has 226 valence electrons. The zero-order chi connectivity index (χ0) is 31.3. The van der Waals surface area contributed by atoms with Crippen molar-refractivity contribution in [3.8, 4) is 5.75 Å². The summed E-state index contributed by atoms with van der Waals surface area (Å²) in [5, 5.41) is 0.517. The summed E-state index contributed by atoms with van der Waals surface area (Å²) < 4.78 is 13.8. The zero-order valence-corrected chi connectivity index (χ0v) is 27.0. The van der Waals surface area contributed by atoms with Crippen LogP contribution in [0.3, 0.4) is 0 Å². The number of rotatable bonds is 9. The summed E-state index contributed by atoms with van der Waals surface area (Å²) in [6, 6.07) is 31.8. The highest BCUT2D eigenvalue weighted by molar-refractivity contribution is 7.98. The van der Waals surface area contributed by atoms with Crippen LogP contribution < -0.4 is 19.6 Å². The SMILES string of the molecule is CCOC(=O)C1=C(c2ccccc2)N=c2s/c(=C\c3cc(Cl)ccc3OCc3ccccc3)c(=O)n2[C@H]1c1ccc(SC)cc1. The Balaban J connectivity index is 1.55. The van der Waals surface area contributed by atoms with Crippen LogP contribution in [0.4, 0.5) is 0 Å². The van der Waals surface area contributed by atoms with Crippen LogP contribution in [0.5, 0.6) is 5.75 Å². The van der Waals surface area contributed by atoms with E-state index in [1.54, 1.807) is 47.5 Å². The number of hydrogen-bond acceptors (Lipinski definition) is 7. The average Bonchev–Trinajstić information content (AvgIpc) is 3.38. The van der Waals surface area contributed by atoms with Crippen LogP contribution >= 0.6 is 34.7 Å². The fourth-order valence-electron chi connectivity index (χ4n) is 5.18. The van der Waals surface area contributed by atoms with E-state index < -0.39 is 12.0 Å². The number of aromatic nitrogens is 1. The molecule has 0 saturated heterocycles. The number of benzene rings is 4. The molecular formula is C36H29ClN2O4S2. The third kappa shape index (κ3) is 6.54. The smallest absolute Gasteiger partial charge is 0.338 e. The summed E-state index contributed by atoms with van der Waals surface area (Å²) in [5.74, 6) is 0.0789. The van der Waals surface area contributed by atoms with Crippen LogP contribution in [0.25, 0.3) is 11.8 Å². The van der Waals surface area contributed by atoms with Crippen molar-refractivity contribution in [1.82, 2.24) is 4.57 Å². The molecule has 0 aliphatic carbocycles. The fourth-order valence-corrected chi connectivity index (χ4v) is 6.76. The Bertz CT molecular complexity index is 2050. The molecule has 0 fully saturated rings. The van der Waals surface area contributed by atoms with Gasteiger partial charge in [0.1, 0.15) is 12.4 Å². The van der Waals surface area contributed by atoms with Gasteiger partial charge in [-0.05, 0) is 60.7 Å². The first-order valence-electron chi connectivity index (χ1n) is 14.4. The lowest BCUT2D eigenvalue weighted by Crippen LogP contribution is -2.40. The Morgan fingerprint density at radius 3 is 2.40 bits per heavy atom. The fraction of sp³-hybridized carbons (Fsp3) is 0.139. The topological polar surface area (TPSA) is 69.9 Å². The average molecular weight is 653 g/mol. The second-order valence-electron chi connectivity index (χ2n) is 10.2. The van der Waals surface area contributed by atoms with E-state index in [2.05, 4.69) is 0 Å². The lowest BCUT2D eigenvalue weighted by Gasteiger charge is -2.26. The van der Waals surface area contributed by atoms with Crippen LogP contribution in [0, 0.1) is 0 Å². The van der Waals surface area contributed by atoms with Gasteiger partial charge in [0.25, 0.3) is 5.56 Å². The number of thioether (sulfide) groups is 1. The van der Waals surface area contributed by atoms with Gasteiger partial charge < -0.3 is 9.47 Å². The summed E-state index contributed by atoms with van der Waals surface area (Å²) in [6.07, 6.45) is 3.78. The number of esters is 1. The lowest BCUT2D eigenvalue weighted by molar-refractivity contribution is -0.138. The molecule has 0 spiro atoms. The first kappa shape index (κ1) is 30.6. The normalized spacial score (nSPS) is 14.6. The lowest BCUT2D eigenvalue weighted by atomic mass is 9.93. The van der Waals surface area contributed by atoms with Crippen LogP contribution in [0.15, 0.2) is 123 Å². The highest BCUT2D eigenvalue weighted by Gasteiger charge is 2.35. The van der Waals surface area contributed by atoms with Gasteiger partial charge in [0.05, 0.1) is 28.5 Å². The number of carbonyl (C=O) groups excluding carboxylic acids is 1. The molecule has 0 bridgehead atoms. The first-order chi connectivity index (χ1) is 22.0. The molecule has 4 aromatic carbocycles. The van der Waals surface area contributed by atoms with Crippen LogP contribution in [0.2, 0.25) is 5.02 Å². The van der Waals surface area contributed by atoms with Gasteiger partial charge in [-0.3, -0.25) is 9.36 Å². The Morgan fingerprint density at radius 2 is 1.71 bits per heavy atom. The Hall–Kier alpha value is -4.37. The maximum atomic E-state index is 14.3. The van der Waals surface area contributed by atoms with Crippen LogP contribution in [-0.4, -0.2) is 23.4 Å². The molecule has 5 aromatic rings. The van der Waals surface area contributed by atoms with E-state index >= 15 is 0 Å². The monoisotopic (exact) mass is 652 g/mol. The van der Waals surface area contributed by atoms with Gasteiger partial charge >= 0.3 is 5.97 Å². The molecular weight excluding hydrogens is 624 g/mol. The van der Waals surface area contributed by atoms with Crippen LogP contribution in [0.1, 0.15) is 35.2 Å². The van der Waals surface area contributed by atoms with Crippen molar-refractivity contribution in [3.05, 3.63) is 156 Å². The molecule has 1 aliphatic rings. The molecule has 0 unspecified atom stereocenters. The third-order valence-corrected chi connectivity index (χ3v) is 9.26. The summed E-state index contributed by atoms with van der Waals surface area (Å²) in [5.41, 5.74) is 3.74. The maximum absolute atomic E-state index is 14.3. The van der Waals surface area contributed by atoms with Gasteiger partial charge in [-0.15, -0.1) is 11.8 Å². The molecule has 2 heterocycles. The zero-order valence-electron chi connectivity index (χ0n) is 24.6. The van der Waals surface area contributed by atoms with Crippen molar-refractivity contribution >= 4 is 52.4 Å². The number of hydrogen-bond donors (Lipinski definition) is 0. The summed E-state index contributed by atoms with van der Waals surface area (Å²) in [6.45, 7) is 2.31. The van der Waals surface area contributed by atoms with Gasteiger partial charge in [0.2, 0.25) is 0 Å². The predicted molar refractivity (Wildman–Crippen MR) is 182 cm³/mol. The van der Waals surface area contributed by atoms with E-state index in [1.807, 2.05) is 91.2 Å². The minimum Gasteiger partial charge on any atom is -0.488 e. The minimum atomic E-state index is -0.748. The molecule has 0 amide bonds. The van der Waals surface area contributed by atoms with Gasteiger partial charge in [0.15, 0.2) is 4.80 Å². The minimum absolute atomic E-state index is 0.188. The number of fused-ring (bicyclic) bond motifs is 1. The molecule has 1 atom stereocenters. The Kier molecular flexibility index (Phi) is 9.35. The van der Waals surface area contributed by atoms with Crippen molar-refractivity contribution in [3.63, 3.8) is 0 Å². The molecule has 1 aromatic heterocycles. The molecule has 45 heavy (non-hydrogen) atoms. The van der Waals surface area contributed by atoms with Crippen molar-refractivity contribution < 1.29 is 14.3 Å². The highest BCUT2D eigenvalue weighted by Crippen LogP contribution is 2.36.